The summed E-state index contributed by atoms with van der Waals surface area (Å²) >= 11 is 0. The lowest BCUT2D eigenvalue weighted by molar-refractivity contribution is -0.137. The molecule has 3 heterocycles. The van der Waals surface area contributed by atoms with Crippen LogP contribution < -0.4 is 9.47 Å². The Kier molecular flexibility index (Phi) is 6.39. The van der Waals surface area contributed by atoms with E-state index >= 15 is 0 Å². The Morgan fingerprint density at radius 3 is 2.52 bits per heavy atom. The zero-order valence-electron chi connectivity index (χ0n) is 18.1. The smallest absolute Gasteiger partial charge is 0.255 e. The average molecular weight is 424 g/mol. The van der Waals surface area contributed by atoms with Crippen molar-refractivity contribution in [3.8, 4) is 11.5 Å². The van der Waals surface area contributed by atoms with Crippen molar-refractivity contribution in [2.45, 2.75) is 31.7 Å². The number of carbonyl (C=O) groups is 2. The third-order valence-corrected chi connectivity index (χ3v) is 6.37. The van der Waals surface area contributed by atoms with Gasteiger partial charge in [-0.3, -0.25) is 14.6 Å². The number of benzene rings is 1. The molecule has 2 fully saturated rings. The zero-order chi connectivity index (χ0) is 21.8. The molecule has 7 heteroatoms. The SMILES string of the molecule is COc1ccc(OC)c([C@@H]2CCCN2C(=O)C2CCN(C(=O)c3cccnc3)CC2)c1. The summed E-state index contributed by atoms with van der Waals surface area (Å²) in [6, 6.07) is 9.29. The van der Waals surface area contributed by atoms with Crippen LogP contribution in [0.15, 0.2) is 42.7 Å². The van der Waals surface area contributed by atoms with Gasteiger partial charge in [0.2, 0.25) is 5.91 Å². The fourth-order valence-electron chi connectivity index (χ4n) is 4.69. The first-order chi connectivity index (χ1) is 15.1. The van der Waals surface area contributed by atoms with Crippen LogP contribution in [0.5, 0.6) is 11.5 Å². The normalized spacial score (nSPS) is 19.4. The van der Waals surface area contributed by atoms with Gasteiger partial charge in [-0.2, -0.15) is 0 Å². The van der Waals surface area contributed by atoms with Crippen molar-refractivity contribution >= 4 is 11.8 Å². The van der Waals surface area contributed by atoms with Gasteiger partial charge in [0.1, 0.15) is 11.5 Å². The number of amides is 2. The van der Waals surface area contributed by atoms with Crippen LogP contribution in [-0.2, 0) is 4.79 Å². The molecular formula is C24H29N3O4. The first-order valence-electron chi connectivity index (χ1n) is 10.8. The van der Waals surface area contributed by atoms with Gasteiger partial charge in [-0.05, 0) is 56.0 Å². The standard InChI is InChI=1S/C24H29N3O4/c1-30-19-7-8-22(31-2)20(15-19)21-6-4-12-27(21)24(29)17-9-13-26(14-10-17)23(28)18-5-3-11-25-16-18/h3,5,7-8,11,15-17,21H,4,6,9-10,12-14H2,1-2H3/t21-/m0/s1. The van der Waals surface area contributed by atoms with Crippen LogP contribution in [0.2, 0.25) is 0 Å². The number of likely N-dealkylation sites (tertiary alicyclic amines) is 2. The lowest BCUT2D eigenvalue weighted by Gasteiger charge is -2.35. The molecule has 4 rings (SSSR count). The summed E-state index contributed by atoms with van der Waals surface area (Å²) < 4.78 is 11.0. The second-order valence-electron chi connectivity index (χ2n) is 8.11. The molecular weight excluding hydrogens is 394 g/mol. The fraction of sp³-hybridized carbons (Fsp3) is 0.458. The van der Waals surface area contributed by atoms with Crippen LogP contribution in [0.4, 0.5) is 0 Å². The molecule has 0 radical (unpaired) electrons. The molecule has 0 unspecified atom stereocenters. The van der Waals surface area contributed by atoms with Gasteiger partial charge in [-0.1, -0.05) is 0 Å². The van der Waals surface area contributed by atoms with Gasteiger partial charge >= 0.3 is 0 Å². The highest BCUT2D eigenvalue weighted by molar-refractivity contribution is 5.94. The molecule has 164 valence electrons. The molecule has 0 aliphatic carbocycles. The first-order valence-corrected chi connectivity index (χ1v) is 10.8. The predicted molar refractivity (Wildman–Crippen MR) is 116 cm³/mol. The van der Waals surface area contributed by atoms with Gasteiger partial charge in [0.15, 0.2) is 0 Å². The summed E-state index contributed by atoms with van der Waals surface area (Å²) in [5.74, 6) is 1.65. The molecule has 2 aliphatic rings. The molecule has 31 heavy (non-hydrogen) atoms. The molecule has 0 bridgehead atoms. The van der Waals surface area contributed by atoms with Gasteiger partial charge in [0, 0.05) is 43.5 Å². The fourth-order valence-corrected chi connectivity index (χ4v) is 4.69. The van der Waals surface area contributed by atoms with E-state index in [1.54, 1.807) is 38.7 Å². The quantitative estimate of drug-likeness (QED) is 0.738. The van der Waals surface area contributed by atoms with E-state index in [0.29, 0.717) is 31.5 Å². The summed E-state index contributed by atoms with van der Waals surface area (Å²) in [6.07, 6.45) is 6.50. The number of ether oxygens (including phenoxy) is 2. The highest BCUT2D eigenvalue weighted by atomic mass is 16.5. The van der Waals surface area contributed by atoms with Crippen LogP contribution in [0.25, 0.3) is 0 Å². The second kappa shape index (κ2) is 9.37. The molecule has 2 saturated heterocycles. The highest BCUT2D eigenvalue weighted by Gasteiger charge is 2.37. The minimum absolute atomic E-state index is 0.00685. The topological polar surface area (TPSA) is 72.0 Å². The maximum Gasteiger partial charge on any atom is 0.255 e. The Morgan fingerprint density at radius 2 is 1.84 bits per heavy atom. The predicted octanol–water partition coefficient (Wildman–Crippen LogP) is 3.31. The Balaban J connectivity index is 1.43. The van der Waals surface area contributed by atoms with Crippen LogP contribution in [0.3, 0.4) is 0 Å². The Labute approximate surface area is 183 Å². The minimum atomic E-state index is -0.0600. The third kappa shape index (κ3) is 4.36. The summed E-state index contributed by atoms with van der Waals surface area (Å²) in [4.78, 5) is 33.9. The van der Waals surface area contributed by atoms with Crippen LogP contribution in [-0.4, -0.2) is 60.5 Å². The summed E-state index contributed by atoms with van der Waals surface area (Å²) in [5, 5.41) is 0. The number of hydrogen-bond donors (Lipinski definition) is 0. The van der Waals surface area contributed by atoms with E-state index < -0.39 is 0 Å². The van der Waals surface area contributed by atoms with Crippen LogP contribution in [0.1, 0.15) is 47.6 Å². The summed E-state index contributed by atoms with van der Waals surface area (Å²) in [5.41, 5.74) is 1.59. The van der Waals surface area contributed by atoms with E-state index in [2.05, 4.69) is 4.98 Å². The molecule has 1 aromatic carbocycles. The van der Waals surface area contributed by atoms with E-state index in [4.69, 9.17) is 9.47 Å². The number of rotatable bonds is 5. The van der Waals surface area contributed by atoms with Gasteiger partial charge in [-0.25, -0.2) is 0 Å². The number of methoxy groups -OCH3 is 2. The maximum atomic E-state index is 13.4. The highest BCUT2D eigenvalue weighted by Crippen LogP contribution is 2.40. The first kappa shape index (κ1) is 21.2. The number of nitrogens with zero attached hydrogens (tertiary/aromatic N) is 3. The largest absolute Gasteiger partial charge is 0.497 e. The van der Waals surface area contributed by atoms with Gasteiger partial charge in [0.25, 0.3) is 5.91 Å². The minimum Gasteiger partial charge on any atom is -0.497 e. The Morgan fingerprint density at radius 1 is 1.03 bits per heavy atom. The molecule has 0 N–H and O–H groups in total. The number of pyridine rings is 1. The van der Waals surface area contributed by atoms with Crippen molar-refractivity contribution in [3.63, 3.8) is 0 Å². The average Bonchev–Trinajstić information content (AvgIpc) is 3.33. The van der Waals surface area contributed by atoms with Crippen LogP contribution >= 0.6 is 0 Å². The van der Waals surface area contributed by atoms with Crippen LogP contribution in [0, 0.1) is 5.92 Å². The molecule has 2 aliphatic heterocycles. The summed E-state index contributed by atoms with van der Waals surface area (Å²) in [7, 11) is 3.30. The maximum absolute atomic E-state index is 13.4. The molecule has 0 spiro atoms. The van der Waals surface area contributed by atoms with E-state index in [-0.39, 0.29) is 23.8 Å². The number of hydrogen-bond acceptors (Lipinski definition) is 5. The van der Waals surface area contributed by atoms with E-state index in [9.17, 15) is 9.59 Å². The van der Waals surface area contributed by atoms with E-state index in [1.807, 2.05) is 28.0 Å². The molecule has 1 aromatic heterocycles. The monoisotopic (exact) mass is 423 g/mol. The van der Waals surface area contributed by atoms with Gasteiger partial charge in [0.05, 0.1) is 25.8 Å². The van der Waals surface area contributed by atoms with Crippen molar-refractivity contribution in [2.75, 3.05) is 33.9 Å². The Bertz CT molecular complexity index is 926. The van der Waals surface area contributed by atoms with Crippen molar-refractivity contribution in [1.29, 1.82) is 0 Å². The van der Waals surface area contributed by atoms with Crippen molar-refractivity contribution in [2.24, 2.45) is 5.92 Å². The van der Waals surface area contributed by atoms with Crippen molar-refractivity contribution < 1.29 is 19.1 Å². The molecule has 2 amide bonds. The van der Waals surface area contributed by atoms with Gasteiger partial charge < -0.3 is 19.3 Å². The van der Waals surface area contributed by atoms with E-state index in [1.165, 1.54) is 0 Å². The van der Waals surface area contributed by atoms with Gasteiger partial charge in [-0.15, -0.1) is 0 Å². The molecule has 1 atom stereocenters. The third-order valence-electron chi connectivity index (χ3n) is 6.37. The number of aromatic nitrogens is 1. The van der Waals surface area contributed by atoms with E-state index in [0.717, 1.165) is 36.4 Å². The molecule has 0 saturated carbocycles. The lowest BCUT2D eigenvalue weighted by Crippen LogP contribution is -2.44. The molecule has 2 aromatic rings. The van der Waals surface area contributed by atoms with Crippen molar-refractivity contribution in [1.82, 2.24) is 14.8 Å². The number of piperidine rings is 1. The Hall–Kier alpha value is -3.09. The van der Waals surface area contributed by atoms with Crippen molar-refractivity contribution in [3.05, 3.63) is 53.9 Å². The second-order valence-corrected chi connectivity index (χ2v) is 8.11. The summed E-state index contributed by atoms with van der Waals surface area (Å²) in [6.45, 7) is 1.93. The number of carbonyl (C=O) groups excluding carboxylic acids is 2. The molecule has 7 nitrogen and oxygen atoms in total. The zero-order valence-corrected chi connectivity index (χ0v) is 18.1. The lowest BCUT2D eigenvalue weighted by atomic mass is 9.93.